The Kier molecular flexibility index (Phi) is 5.78. The second-order valence-corrected chi connectivity index (χ2v) is 11.4. The minimum atomic E-state index is -3.66. The summed E-state index contributed by atoms with van der Waals surface area (Å²) in [5.74, 6) is 0.858. The van der Waals surface area contributed by atoms with Gasteiger partial charge in [0.05, 0.1) is 29.1 Å². The summed E-state index contributed by atoms with van der Waals surface area (Å²) in [6.07, 6.45) is 1.15. The Balaban J connectivity index is 1.57. The molecule has 170 valence electrons. The van der Waals surface area contributed by atoms with Crippen LogP contribution in [-0.4, -0.2) is 68.1 Å². The lowest BCUT2D eigenvalue weighted by atomic mass is 10.0. The van der Waals surface area contributed by atoms with Crippen molar-refractivity contribution in [2.75, 3.05) is 31.3 Å². The molecule has 1 N–H and O–H groups in total. The molecule has 1 amide bonds. The molecule has 3 heterocycles. The van der Waals surface area contributed by atoms with Gasteiger partial charge >= 0.3 is 6.09 Å². The smallest absolute Gasteiger partial charge is 0.410 e. The Hall–Kier alpha value is -2.11. The molecule has 0 saturated carbocycles. The van der Waals surface area contributed by atoms with Crippen LogP contribution in [0.4, 0.5) is 9.93 Å². The van der Waals surface area contributed by atoms with Gasteiger partial charge in [-0.2, -0.15) is 8.42 Å². The quantitative estimate of drug-likeness (QED) is 0.681. The Labute approximate surface area is 185 Å². The SMILES string of the molecule is CC(C)(C)OC(=O)N1CC[C@@H](OS(C)(=O)=O)[C@@H](Nc2nc3c4c(ccc3s2)OCC4)C1. The van der Waals surface area contributed by atoms with Gasteiger partial charge in [0.2, 0.25) is 0 Å². The number of anilines is 1. The van der Waals surface area contributed by atoms with Crippen LogP contribution in [0, 0.1) is 0 Å². The van der Waals surface area contributed by atoms with E-state index in [-0.39, 0.29) is 6.54 Å². The summed E-state index contributed by atoms with van der Waals surface area (Å²) in [7, 11) is -3.66. The highest BCUT2D eigenvalue weighted by Crippen LogP contribution is 2.37. The van der Waals surface area contributed by atoms with Crippen LogP contribution in [0.3, 0.4) is 0 Å². The zero-order valence-corrected chi connectivity index (χ0v) is 19.6. The number of benzene rings is 1. The van der Waals surface area contributed by atoms with Crippen LogP contribution in [0.15, 0.2) is 12.1 Å². The molecule has 2 aromatic rings. The molecule has 0 bridgehead atoms. The highest BCUT2D eigenvalue weighted by atomic mass is 32.2. The van der Waals surface area contributed by atoms with Crippen molar-refractivity contribution in [1.29, 1.82) is 0 Å². The second kappa shape index (κ2) is 8.10. The predicted molar refractivity (Wildman–Crippen MR) is 118 cm³/mol. The van der Waals surface area contributed by atoms with E-state index in [9.17, 15) is 13.2 Å². The first kappa shape index (κ1) is 22.1. The average Bonchev–Trinajstić information content (AvgIpc) is 3.26. The van der Waals surface area contributed by atoms with Gasteiger partial charge in [0.1, 0.15) is 17.5 Å². The largest absolute Gasteiger partial charge is 0.493 e. The van der Waals surface area contributed by atoms with Gasteiger partial charge in [-0.25, -0.2) is 9.78 Å². The van der Waals surface area contributed by atoms with E-state index in [1.165, 1.54) is 11.3 Å². The molecule has 1 aromatic carbocycles. The minimum Gasteiger partial charge on any atom is -0.493 e. The van der Waals surface area contributed by atoms with Gasteiger partial charge in [-0.15, -0.1) is 0 Å². The lowest BCUT2D eigenvalue weighted by molar-refractivity contribution is 0.0109. The topological polar surface area (TPSA) is 107 Å². The third-order valence-corrected chi connectivity index (χ3v) is 6.59. The van der Waals surface area contributed by atoms with Gasteiger partial charge in [0, 0.05) is 25.1 Å². The van der Waals surface area contributed by atoms with E-state index in [0.29, 0.717) is 24.7 Å². The Bertz CT molecular complexity index is 1090. The summed E-state index contributed by atoms with van der Waals surface area (Å²) in [4.78, 5) is 18.9. The molecule has 1 fully saturated rings. The van der Waals surface area contributed by atoms with Crippen molar-refractivity contribution in [2.24, 2.45) is 0 Å². The number of hydrogen-bond acceptors (Lipinski definition) is 9. The summed E-state index contributed by atoms with van der Waals surface area (Å²) >= 11 is 1.48. The van der Waals surface area contributed by atoms with Gasteiger partial charge in [-0.05, 0) is 39.3 Å². The predicted octanol–water partition coefficient (Wildman–Crippen LogP) is 3.00. The number of rotatable bonds is 4. The number of carbonyl (C=O) groups excluding carboxylic acids is 1. The highest BCUT2D eigenvalue weighted by Gasteiger charge is 2.36. The average molecular weight is 470 g/mol. The molecule has 9 nitrogen and oxygen atoms in total. The second-order valence-electron chi connectivity index (χ2n) is 8.81. The molecule has 0 spiro atoms. The lowest BCUT2D eigenvalue weighted by Gasteiger charge is -2.38. The van der Waals surface area contributed by atoms with Crippen molar-refractivity contribution in [2.45, 2.75) is 51.4 Å². The van der Waals surface area contributed by atoms with Crippen LogP contribution in [0.25, 0.3) is 10.2 Å². The summed E-state index contributed by atoms with van der Waals surface area (Å²) in [6.45, 7) is 6.66. The molecular formula is C20H27N3O6S2. The molecule has 0 aliphatic carbocycles. The Morgan fingerprint density at radius 1 is 1.35 bits per heavy atom. The van der Waals surface area contributed by atoms with Gasteiger partial charge in [0.15, 0.2) is 5.13 Å². The van der Waals surface area contributed by atoms with Crippen molar-refractivity contribution >= 4 is 42.9 Å². The van der Waals surface area contributed by atoms with Crippen LogP contribution < -0.4 is 10.1 Å². The highest BCUT2D eigenvalue weighted by molar-refractivity contribution is 7.86. The zero-order chi connectivity index (χ0) is 22.4. The van der Waals surface area contributed by atoms with Crippen molar-refractivity contribution < 1.29 is 26.9 Å². The third kappa shape index (κ3) is 5.21. The molecule has 0 radical (unpaired) electrons. The number of carbonyl (C=O) groups is 1. The first-order chi connectivity index (χ1) is 14.5. The zero-order valence-electron chi connectivity index (χ0n) is 18.0. The molecule has 0 unspecified atom stereocenters. The van der Waals surface area contributed by atoms with Crippen LogP contribution in [0.1, 0.15) is 32.8 Å². The molecular weight excluding hydrogens is 442 g/mol. The fourth-order valence-electron chi connectivity index (χ4n) is 3.79. The van der Waals surface area contributed by atoms with Crippen molar-refractivity contribution in [3.63, 3.8) is 0 Å². The number of nitrogens with zero attached hydrogens (tertiary/aromatic N) is 2. The van der Waals surface area contributed by atoms with Crippen LogP contribution in [0.2, 0.25) is 0 Å². The van der Waals surface area contributed by atoms with E-state index >= 15 is 0 Å². The number of ether oxygens (including phenoxy) is 2. The first-order valence-corrected chi connectivity index (χ1v) is 12.8. The molecule has 31 heavy (non-hydrogen) atoms. The van der Waals surface area contributed by atoms with Gasteiger partial charge in [-0.1, -0.05) is 11.3 Å². The Morgan fingerprint density at radius 3 is 2.84 bits per heavy atom. The molecule has 1 aromatic heterocycles. The van der Waals surface area contributed by atoms with Crippen LogP contribution in [-0.2, 0) is 25.5 Å². The van der Waals surface area contributed by atoms with Crippen molar-refractivity contribution in [3.05, 3.63) is 17.7 Å². The van der Waals surface area contributed by atoms with E-state index in [2.05, 4.69) is 5.32 Å². The van der Waals surface area contributed by atoms with E-state index in [0.717, 1.165) is 34.2 Å². The van der Waals surface area contributed by atoms with Crippen molar-refractivity contribution in [1.82, 2.24) is 9.88 Å². The first-order valence-electron chi connectivity index (χ1n) is 10.2. The number of thiazole rings is 1. The van der Waals surface area contributed by atoms with Crippen LogP contribution in [0.5, 0.6) is 5.75 Å². The molecule has 11 heteroatoms. The Morgan fingerprint density at radius 2 is 2.13 bits per heavy atom. The maximum absolute atomic E-state index is 12.6. The normalized spacial score (nSPS) is 21.6. The van der Waals surface area contributed by atoms with Gasteiger partial charge < -0.3 is 19.7 Å². The fraction of sp³-hybridized carbons (Fsp3) is 0.600. The minimum absolute atomic E-state index is 0.242. The summed E-state index contributed by atoms with van der Waals surface area (Å²) in [5.41, 5.74) is 1.36. The summed E-state index contributed by atoms with van der Waals surface area (Å²) in [6, 6.07) is 3.47. The van der Waals surface area contributed by atoms with Gasteiger partial charge in [-0.3, -0.25) is 4.18 Å². The van der Waals surface area contributed by atoms with E-state index in [4.69, 9.17) is 18.6 Å². The number of hydrogen-bond donors (Lipinski definition) is 1. The number of amides is 1. The summed E-state index contributed by atoms with van der Waals surface area (Å²) < 4.78 is 41.0. The third-order valence-electron chi connectivity index (χ3n) is 5.04. The number of piperidine rings is 1. The number of fused-ring (bicyclic) bond motifs is 3. The molecule has 2 atom stereocenters. The lowest BCUT2D eigenvalue weighted by Crippen LogP contribution is -2.54. The monoisotopic (exact) mass is 469 g/mol. The van der Waals surface area contributed by atoms with E-state index < -0.39 is 34.0 Å². The van der Waals surface area contributed by atoms with Crippen molar-refractivity contribution in [3.8, 4) is 5.75 Å². The number of nitrogens with one attached hydrogen (secondary N) is 1. The summed E-state index contributed by atoms with van der Waals surface area (Å²) in [5, 5.41) is 3.96. The number of aromatic nitrogens is 1. The fourth-order valence-corrected chi connectivity index (χ4v) is 5.43. The maximum atomic E-state index is 12.6. The molecule has 2 aliphatic heterocycles. The standard InChI is InChI=1S/C20H27N3O6S2/c1-20(2,3)28-19(24)23-9-7-15(29-31(4,25)26)13(11-23)21-18-22-17-12-8-10-27-14(12)5-6-16(17)30-18/h5-6,13,15H,7-11H2,1-4H3,(H,21,22)/t13-,15+/m0/s1. The molecule has 4 rings (SSSR count). The van der Waals surface area contributed by atoms with Gasteiger partial charge in [0.25, 0.3) is 10.1 Å². The number of likely N-dealkylation sites (tertiary alicyclic amines) is 1. The van der Waals surface area contributed by atoms with Crippen LogP contribution >= 0.6 is 11.3 Å². The maximum Gasteiger partial charge on any atom is 0.410 e. The molecule has 2 aliphatic rings. The van der Waals surface area contributed by atoms with E-state index in [1.807, 2.05) is 32.9 Å². The van der Waals surface area contributed by atoms with E-state index in [1.54, 1.807) is 4.90 Å². The molecule has 1 saturated heterocycles.